The molecular weight excluding hydrogens is 393 g/mol. The fourth-order valence-corrected chi connectivity index (χ4v) is 3.05. The van der Waals surface area contributed by atoms with Crippen LogP contribution in [0, 0.1) is 0 Å². The summed E-state index contributed by atoms with van der Waals surface area (Å²) in [4.78, 5) is 11.1. The lowest BCUT2D eigenvalue weighted by Gasteiger charge is -2.13. The van der Waals surface area contributed by atoms with Gasteiger partial charge < -0.3 is 5.32 Å². The summed E-state index contributed by atoms with van der Waals surface area (Å²) in [5, 5.41) is 1.92. The molecule has 2 aromatic carbocycles. The highest BCUT2D eigenvalue weighted by molar-refractivity contribution is 7.91. The molecule has 27 heavy (non-hydrogen) atoms. The van der Waals surface area contributed by atoms with Crippen LogP contribution in [0.25, 0.3) is 5.57 Å². The van der Waals surface area contributed by atoms with Gasteiger partial charge >= 0.3 is 11.9 Å². The van der Waals surface area contributed by atoms with Gasteiger partial charge in [-0.3, -0.25) is 4.79 Å². The van der Waals surface area contributed by atoms with Crippen molar-refractivity contribution in [1.29, 1.82) is 0 Å². The van der Waals surface area contributed by atoms with E-state index < -0.39 is 43.8 Å². The Labute approximate surface area is 151 Å². The number of para-hydroxylation sites is 1. The van der Waals surface area contributed by atoms with Crippen LogP contribution in [-0.4, -0.2) is 26.3 Å². The summed E-state index contributed by atoms with van der Waals surface area (Å²) in [6.07, 6.45) is -4.63. The molecule has 0 aliphatic carbocycles. The van der Waals surface area contributed by atoms with Crippen molar-refractivity contribution in [1.82, 2.24) is 0 Å². The molecule has 0 aliphatic rings. The molecule has 1 N–H and O–H groups in total. The Morgan fingerprint density at radius 1 is 0.963 bits per heavy atom. The Morgan fingerprint density at radius 3 is 2.07 bits per heavy atom. The molecule has 2 rings (SSSR count). The van der Waals surface area contributed by atoms with E-state index in [0.717, 1.165) is 30.3 Å². The van der Waals surface area contributed by atoms with Crippen LogP contribution in [0.5, 0.6) is 0 Å². The highest BCUT2D eigenvalue weighted by Gasteiger charge is 2.35. The number of rotatable bonds is 5. The van der Waals surface area contributed by atoms with E-state index in [0.29, 0.717) is 0 Å². The summed E-state index contributed by atoms with van der Waals surface area (Å²) < 4.78 is 88.5. The second-order valence-corrected chi connectivity index (χ2v) is 7.10. The Bertz CT molecular complexity index is 954. The zero-order chi connectivity index (χ0) is 20.2. The van der Waals surface area contributed by atoms with Gasteiger partial charge in [0.15, 0.2) is 0 Å². The molecule has 10 heteroatoms. The molecule has 0 atom stereocenters. The van der Waals surface area contributed by atoms with Gasteiger partial charge in [-0.2, -0.15) is 22.0 Å². The molecule has 0 bridgehead atoms. The lowest BCUT2D eigenvalue weighted by atomic mass is 10.1. The smallest absolute Gasteiger partial charge is 0.321 e. The maximum atomic E-state index is 13.2. The molecule has 144 valence electrons. The molecule has 0 unspecified atom stereocenters. The third kappa shape index (κ3) is 4.91. The van der Waals surface area contributed by atoms with Gasteiger partial charge in [0.05, 0.1) is 16.2 Å². The summed E-state index contributed by atoms with van der Waals surface area (Å²) in [5.74, 6) is -5.07. The van der Waals surface area contributed by atoms with E-state index in [1.165, 1.54) is 24.3 Å². The van der Waals surface area contributed by atoms with Gasteiger partial charge in [0, 0.05) is 6.08 Å². The monoisotopic (exact) mass is 405 g/mol. The van der Waals surface area contributed by atoms with Crippen molar-refractivity contribution < 1.29 is 35.2 Å². The molecular formula is C17H12F5NO3S. The van der Waals surface area contributed by atoms with Crippen molar-refractivity contribution in [3.05, 3.63) is 66.2 Å². The number of carbonyl (C=O) groups is 1. The topological polar surface area (TPSA) is 63.2 Å². The molecule has 0 fully saturated rings. The second kappa shape index (κ2) is 7.87. The van der Waals surface area contributed by atoms with E-state index in [9.17, 15) is 35.2 Å². The van der Waals surface area contributed by atoms with Crippen LogP contribution < -0.4 is 5.32 Å². The molecule has 0 saturated heterocycles. The molecule has 0 saturated carbocycles. The zero-order valence-electron chi connectivity index (χ0n) is 13.4. The fourth-order valence-electron chi connectivity index (χ4n) is 2.16. The maximum Gasteiger partial charge on any atom is 0.417 e. The van der Waals surface area contributed by atoms with Gasteiger partial charge in [-0.1, -0.05) is 42.5 Å². The number of hydrogen-bond donors (Lipinski definition) is 1. The normalized spacial score (nSPS) is 12.9. The highest BCUT2D eigenvalue weighted by Crippen LogP contribution is 2.34. The van der Waals surface area contributed by atoms with Crippen LogP contribution in [0.15, 0.2) is 65.6 Å². The molecule has 1 amide bonds. The predicted octanol–water partition coefficient (Wildman–Crippen LogP) is 4.27. The van der Waals surface area contributed by atoms with E-state index in [4.69, 9.17) is 0 Å². The predicted molar refractivity (Wildman–Crippen MR) is 88.7 cm³/mol. The van der Waals surface area contributed by atoms with Crippen LogP contribution in [-0.2, 0) is 14.6 Å². The minimum atomic E-state index is -5.05. The average molecular weight is 405 g/mol. The van der Waals surface area contributed by atoms with Gasteiger partial charge in [-0.25, -0.2) is 8.42 Å². The maximum absolute atomic E-state index is 13.2. The Balaban J connectivity index is 2.42. The minimum Gasteiger partial charge on any atom is -0.321 e. The SMILES string of the molecule is O=C(/C=C(/c1ccccc1)C(F)(F)F)Nc1ccccc1S(=O)(=O)C(F)F. The third-order valence-corrected chi connectivity index (χ3v) is 4.79. The molecule has 0 radical (unpaired) electrons. The number of benzene rings is 2. The molecule has 0 heterocycles. The van der Waals surface area contributed by atoms with Crippen molar-refractivity contribution in [2.24, 2.45) is 0 Å². The Hall–Kier alpha value is -2.75. The Morgan fingerprint density at radius 2 is 1.52 bits per heavy atom. The lowest BCUT2D eigenvalue weighted by Crippen LogP contribution is -2.18. The first-order valence-corrected chi connectivity index (χ1v) is 8.84. The van der Waals surface area contributed by atoms with E-state index in [1.54, 1.807) is 0 Å². The van der Waals surface area contributed by atoms with Crippen LogP contribution in [0.3, 0.4) is 0 Å². The first-order valence-electron chi connectivity index (χ1n) is 7.30. The summed E-state index contributed by atoms with van der Waals surface area (Å²) in [7, 11) is -5.05. The minimum absolute atomic E-state index is 0.237. The summed E-state index contributed by atoms with van der Waals surface area (Å²) in [6.45, 7) is 0. The van der Waals surface area contributed by atoms with Gasteiger partial charge in [-0.05, 0) is 17.7 Å². The Kier molecular flexibility index (Phi) is 5.99. The average Bonchev–Trinajstić information content (AvgIpc) is 2.59. The first-order chi connectivity index (χ1) is 12.5. The number of allylic oxidation sites excluding steroid dienone is 1. The number of sulfone groups is 1. The van der Waals surface area contributed by atoms with E-state index in [2.05, 4.69) is 0 Å². The first kappa shape index (κ1) is 20.6. The molecule has 2 aromatic rings. The fraction of sp³-hybridized carbons (Fsp3) is 0.118. The van der Waals surface area contributed by atoms with Crippen molar-refractivity contribution in [3.8, 4) is 0 Å². The van der Waals surface area contributed by atoms with Crippen LogP contribution >= 0.6 is 0 Å². The number of anilines is 1. The molecule has 0 aliphatic heterocycles. The quantitative estimate of drug-likeness (QED) is 0.597. The van der Waals surface area contributed by atoms with Crippen LogP contribution in [0.1, 0.15) is 5.56 Å². The molecule has 0 spiro atoms. The number of alkyl halides is 5. The molecule has 4 nitrogen and oxygen atoms in total. The van der Waals surface area contributed by atoms with Gasteiger partial charge in [0.1, 0.15) is 0 Å². The molecule has 0 aromatic heterocycles. The van der Waals surface area contributed by atoms with Gasteiger partial charge in [-0.15, -0.1) is 0 Å². The summed E-state index contributed by atoms with van der Waals surface area (Å²) >= 11 is 0. The van der Waals surface area contributed by atoms with Crippen LogP contribution in [0.4, 0.5) is 27.6 Å². The van der Waals surface area contributed by atoms with Crippen molar-refractivity contribution in [2.75, 3.05) is 5.32 Å². The van der Waals surface area contributed by atoms with Crippen molar-refractivity contribution in [3.63, 3.8) is 0 Å². The number of amides is 1. The van der Waals surface area contributed by atoms with Gasteiger partial charge in [0.25, 0.3) is 0 Å². The number of hydrogen-bond acceptors (Lipinski definition) is 3. The number of carbonyl (C=O) groups excluding carboxylic acids is 1. The van der Waals surface area contributed by atoms with Gasteiger partial charge in [0.2, 0.25) is 15.7 Å². The lowest BCUT2D eigenvalue weighted by molar-refractivity contribution is -0.112. The third-order valence-electron chi connectivity index (χ3n) is 3.35. The number of halogens is 5. The van der Waals surface area contributed by atoms with E-state index in [-0.39, 0.29) is 11.6 Å². The van der Waals surface area contributed by atoms with Crippen LogP contribution in [0.2, 0.25) is 0 Å². The zero-order valence-corrected chi connectivity index (χ0v) is 14.2. The largest absolute Gasteiger partial charge is 0.417 e. The van der Waals surface area contributed by atoms with Crippen molar-refractivity contribution >= 4 is 27.0 Å². The summed E-state index contributed by atoms with van der Waals surface area (Å²) in [6, 6.07) is 10.7. The summed E-state index contributed by atoms with van der Waals surface area (Å²) in [5.41, 5.74) is -2.10. The van der Waals surface area contributed by atoms with E-state index >= 15 is 0 Å². The highest BCUT2D eigenvalue weighted by atomic mass is 32.2. The van der Waals surface area contributed by atoms with E-state index in [1.807, 2.05) is 5.32 Å². The second-order valence-electron chi connectivity index (χ2n) is 5.21. The number of nitrogens with one attached hydrogen (secondary N) is 1. The standard InChI is InChI=1S/C17H12F5NO3S/c18-16(19)27(25,26)14-9-5-4-8-13(14)23-15(24)10-12(17(20,21)22)11-6-2-1-3-7-11/h1-10,16H,(H,23,24)/b12-10-. The van der Waals surface area contributed by atoms with Crippen molar-refractivity contribution in [2.45, 2.75) is 16.8 Å².